The molecule has 0 amide bonds. The molecule has 0 spiro atoms. The van der Waals surface area contributed by atoms with Crippen molar-refractivity contribution in [3.8, 4) is 0 Å². The van der Waals surface area contributed by atoms with E-state index in [2.05, 4.69) is 41.3 Å². The third-order valence-corrected chi connectivity index (χ3v) is 5.77. The SMILES string of the molecule is CCS(=O)(=O)CCNC(=NC)NC1CN(C(C)C)CC1C.I. The topological polar surface area (TPSA) is 73.8 Å². The first-order valence-corrected chi connectivity index (χ1v) is 9.52. The Morgan fingerprint density at radius 3 is 2.45 bits per heavy atom. The minimum Gasteiger partial charge on any atom is -0.355 e. The van der Waals surface area contributed by atoms with Crippen molar-refractivity contribution in [3.63, 3.8) is 0 Å². The summed E-state index contributed by atoms with van der Waals surface area (Å²) in [4.78, 5) is 6.62. The first-order valence-electron chi connectivity index (χ1n) is 7.70. The molecule has 0 aliphatic carbocycles. The second-order valence-electron chi connectivity index (χ2n) is 6.01. The highest BCUT2D eigenvalue weighted by Gasteiger charge is 2.31. The quantitative estimate of drug-likeness (QED) is 0.361. The summed E-state index contributed by atoms with van der Waals surface area (Å²) >= 11 is 0. The van der Waals surface area contributed by atoms with Gasteiger partial charge < -0.3 is 10.6 Å². The van der Waals surface area contributed by atoms with Gasteiger partial charge in [0.05, 0.1) is 5.75 Å². The van der Waals surface area contributed by atoms with Gasteiger partial charge in [0, 0.05) is 44.5 Å². The summed E-state index contributed by atoms with van der Waals surface area (Å²) in [5.74, 6) is 1.56. The van der Waals surface area contributed by atoms with Crippen LogP contribution in [0.2, 0.25) is 0 Å². The van der Waals surface area contributed by atoms with E-state index in [0.29, 0.717) is 30.5 Å². The maximum Gasteiger partial charge on any atom is 0.191 e. The van der Waals surface area contributed by atoms with Gasteiger partial charge in [-0.3, -0.25) is 9.89 Å². The van der Waals surface area contributed by atoms with Crippen LogP contribution in [0.15, 0.2) is 4.99 Å². The number of likely N-dealkylation sites (tertiary alicyclic amines) is 1. The predicted molar refractivity (Wildman–Crippen MR) is 104 cm³/mol. The Morgan fingerprint density at radius 2 is 2.00 bits per heavy atom. The van der Waals surface area contributed by atoms with Gasteiger partial charge in [-0.1, -0.05) is 13.8 Å². The minimum atomic E-state index is -2.93. The first-order chi connectivity index (χ1) is 9.79. The molecule has 0 aromatic carbocycles. The molecule has 1 heterocycles. The third-order valence-electron chi connectivity index (χ3n) is 4.06. The molecule has 0 saturated carbocycles. The molecule has 0 radical (unpaired) electrons. The van der Waals surface area contributed by atoms with Crippen molar-refractivity contribution in [3.05, 3.63) is 0 Å². The zero-order valence-corrected chi connectivity index (χ0v) is 17.4. The van der Waals surface area contributed by atoms with E-state index in [1.165, 1.54) is 0 Å². The van der Waals surface area contributed by atoms with Crippen LogP contribution in [0, 0.1) is 5.92 Å². The van der Waals surface area contributed by atoms with Crippen LogP contribution < -0.4 is 10.6 Å². The zero-order valence-electron chi connectivity index (χ0n) is 14.3. The number of nitrogens with one attached hydrogen (secondary N) is 2. The lowest BCUT2D eigenvalue weighted by atomic mass is 10.1. The lowest BCUT2D eigenvalue weighted by Crippen LogP contribution is -2.47. The van der Waals surface area contributed by atoms with Crippen LogP contribution in [0.25, 0.3) is 0 Å². The van der Waals surface area contributed by atoms with Gasteiger partial charge in [0.1, 0.15) is 0 Å². The fourth-order valence-corrected chi connectivity index (χ4v) is 3.16. The van der Waals surface area contributed by atoms with E-state index in [-0.39, 0.29) is 35.5 Å². The molecule has 2 N–H and O–H groups in total. The van der Waals surface area contributed by atoms with Crippen molar-refractivity contribution in [1.29, 1.82) is 0 Å². The molecule has 1 saturated heterocycles. The van der Waals surface area contributed by atoms with Gasteiger partial charge in [-0.2, -0.15) is 0 Å². The monoisotopic (exact) mass is 446 g/mol. The normalized spacial score (nSPS) is 23.5. The molecule has 22 heavy (non-hydrogen) atoms. The van der Waals surface area contributed by atoms with E-state index >= 15 is 0 Å². The van der Waals surface area contributed by atoms with Crippen molar-refractivity contribution in [1.82, 2.24) is 15.5 Å². The molecule has 1 aliphatic heterocycles. The van der Waals surface area contributed by atoms with E-state index in [9.17, 15) is 8.42 Å². The number of hydrogen-bond donors (Lipinski definition) is 2. The Labute approximate surface area is 152 Å². The average molecular weight is 446 g/mol. The molecule has 1 aliphatic rings. The predicted octanol–water partition coefficient (Wildman–Crippen LogP) is 0.933. The summed E-state index contributed by atoms with van der Waals surface area (Å²) in [5, 5.41) is 6.50. The van der Waals surface area contributed by atoms with Crippen LogP contribution in [-0.2, 0) is 9.84 Å². The molecule has 6 nitrogen and oxygen atoms in total. The number of aliphatic imine (C=N–C) groups is 1. The molecule has 132 valence electrons. The van der Waals surface area contributed by atoms with E-state index in [0.717, 1.165) is 13.1 Å². The molecular weight excluding hydrogens is 415 g/mol. The highest BCUT2D eigenvalue weighted by Crippen LogP contribution is 2.18. The van der Waals surface area contributed by atoms with E-state index in [4.69, 9.17) is 0 Å². The molecule has 2 atom stereocenters. The Bertz CT molecular complexity index is 454. The maximum atomic E-state index is 11.5. The van der Waals surface area contributed by atoms with Gasteiger partial charge in [0.2, 0.25) is 0 Å². The summed E-state index contributed by atoms with van der Waals surface area (Å²) in [6, 6.07) is 0.894. The number of guanidine groups is 1. The number of hydrogen-bond acceptors (Lipinski definition) is 4. The van der Waals surface area contributed by atoms with Gasteiger partial charge in [-0.25, -0.2) is 8.42 Å². The number of sulfone groups is 1. The van der Waals surface area contributed by atoms with Crippen LogP contribution in [-0.4, -0.2) is 69.5 Å². The average Bonchev–Trinajstić information content (AvgIpc) is 2.79. The third kappa shape index (κ3) is 6.99. The van der Waals surface area contributed by atoms with Gasteiger partial charge in [0.25, 0.3) is 0 Å². The molecule has 1 rings (SSSR count). The van der Waals surface area contributed by atoms with Crippen molar-refractivity contribution >= 4 is 39.8 Å². The second kappa shape index (κ2) is 9.92. The van der Waals surface area contributed by atoms with Crippen LogP contribution in [0.1, 0.15) is 27.7 Å². The van der Waals surface area contributed by atoms with Crippen molar-refractivity contribution in [2.24, 2.45) is 10.9 Å². The number of halogens is 1. The molecule has 8 heteroatoms. The van der Waals surface area contributed by atoms with Gasteiger partial charge >= 0.3 is 0 Å². The molecule has 0 aromatic heterocycles. The van der Waals surface area contributed by atoms with Gasteiger partial charge in [0.15, 0.2) is 15.8 Å². The van der Waals surface area contributed by atoms with Crippen LogP contribution in [0.4, 0.5) is 0 Å². The van der Waals surface area contributed by atoms with Gasteiger partial charge in [-0.05, 0) is 19.8 Å². The molecule has 0 bridgehead atoms. The molecule has 1 fully saturated rings. The molecular formula is C14H31IN4O2S. The Morgan fingerprint density at radius 1 is 1.36 bits per heavy atom. The minimum absolute atomic E-state index is 0. The maximum absolute atomic E-state index is 11.5. The Balaban J connectivity index is 0.00000441. The summed E-state index contributed by atoms with van der Waals surface area (Å²) in [7, 11) is -1.22. The van der Waals surface area contributed by atoms with Gasteiger partial charge in [-0.15, -0.1) is 24.0 Å². The zero-order chi connectivity index (χ0) is 16.0. The lowest BCUT2D eigenvalue weighted by molar-refractivity contribution is 0.265. The fraction of sp³-hybridized carbons (Fsp3) is 0.929. The van der Waals surface area contributed by atoms with E-state index in [1.54, 1.807) is 14.0 Å². The first kappa shape index (κ1) is 21.9. The number of nitrogens with zero attached hydrogens (tertiary/aromatic N) is 2. The van der Waals surface area contributed by atoms with Crippen LogP contribution in [0.3, 0.4) is 0 Å². The number of rotatable bonds is 6. The summed E-state index contributed by atoms with van der Waals surface area (Å²) in [5.41, 5.74) is 0. The lowest BCUT2D eigenvalue weighted by Gasteiger charge is -2.21. The second-order valence-corrected chi connectivity index (χ2v) is 8.48. The Kier molecular flexibility index (Phi) is 9.88. The van der Waals surface area contributed by atoms with Crippen molar-refractivity contribution < 1.29 is 8.42 Å². The largest absolute Gasteiger partial charge is 0.355 e. The summed E-state index contributed by atoms with van der Waals surface area (Å²) in [6.45, 7) is 10.8. The highest BCUT2D eigenvalue weighted by molar-refractivity contribution is 14.0. The van der Waals surface area contributed by atoms with Crippen molar-refractivity contribution in [2.75, 3.05) is 38.2 Å². The van der Waals surface area contributed by atoms with E-state index in [1.807, 2.05) is 0 Å². The van der Waals surface area contributed by atoms with Crippen molar-refractivity contribution in [2.45, 2.75) is 39.8 Å². The highest BCUT2D eigenvalue weighted by atomic mass is 127. The smallest absolute Gasteiger partial charge is 0.191 e. The molecule has 0 aromatic rings. The van der Waals surface area contributed by atoms with Crippen LogP contribution >= 0.6 is 24.0 Å². The summed E-state index contributed by atoms with van der Waals surface area (Å²) < 4.78 is 23.0. The summed E-state index contributed by atoms with van der Waals surface area (Å²) in [6.07, 6.45) is 0. The van der Waals surface area contributed by atoms with E-state index < -0.39 is 9.84 Å². The Hall–Kier alpha value is -0.0900. The standard InChI is InChI=1S/C14H30N4O2S.HI/c1-6-21(19,20)8-7-16-14(15-5)17-13-10-18(11(2)3)9-12(13)4;/h11-13H,6-10H2,1-5H3,(H2,15,16,17);1H. The fourth-order valence-electron chi connectivity index (χ4n) is 2.45. The molecule has 2 unspecified atom stereocenters. The van der Waals surface area contributed by atoms with Crippen LogP contribution in [0.5, 0.6) is 0 Å².